The van der Waals surface area contributed by atoms with E-state index in [0.29, 0.717) is 11.2 Å². The Bertz CT molecular complexity index is 366. The van der Waals surface area contributed by atoms with Crippen molar-refractivity contribution in [2.24, 2.45) is 5.92 Å². The Hall–Kier alpha value is -0.350. The molecule has 0 aliphatic heterocycles. The van der Waals surface area contributed by atoms with Crippen LogP contribution in [0.5, 0.6) is 0 Å². The number of nitrogens with one attached hydrogen (secondary N) is 1. The molecule has 1 atom stereocenters. The largest absolute Gasteiger partial charge is 0.366 e. The van der Waals surface area contributed by atoms with Gasteiger partial charge in [0.15, 0.2) is 0 Å². The molecule has 1 aromatic heterocycles. The number of anilines is 1. The van der Waals surface area contributed by atoms with Crippen molar-refractivity contribution >= 4 is 33.3 Å². The highest BCUT2D eigenvalue weighted by molar-refractivity contribution is 9.10. The number of hydrogen-bond acceptors (Lipinski definition) is 3. The van der Waals surface area contributed by atoms with E-state index in [1.165, 1.54) is 32.0 Å². The average molecular weight is 305 g/mol. The first-order valence-electron chi connectivity index (χ1n) is 5.61. The molecule has 2 rings (SSSR count). The van der Waals surface area contributed by atoms with E-state index in [-0.39, 0.29) is 0 Å². The molecule has 0 saturated heterocycles. The van der Waals surface area contributed by atoms with Crippen LogP contribution in [0.15, 0.2) is 10.8 Å². The van der Waals surface area contributed by atoms with Gasteiger partial charge in [0.25, 0.3) is 0 Å². The standard InChI is InChI=1S/C11H15BrClN3/c1-7(8-4-2-3-5-8)16-11-9(12)10(13)14-6-15-11/h6-8H,2-5H2,1H3,(H,14,15,16). The van der Waals surface area contributed by atoms with E-state index in [2.05, 4.69) is 38.1 Å². The van der Waals surface area contributed by atoms with Crippen molar-refractivity contribution in [1.29, 1.82) is 0 Å². The first kappa shape index (κ1) is 12.1. The van der Waals surface area contributed by atoms with Crippen molar-refractivity contribution in [1.82, 2.24) is 9.97 Å². The van der Waals surface area contributed by atoms with Crippen molar-refractivity contribution < 1.29 is 0 Å². The Balaban J connectivity index is 2.05. The number of hydrogen-bond donors (Lipinski definition) is 1. The highest BCUT2D eigenvalue weighted by atomic mass is 79.9. The maximum absolute atomic E-state index is 5.92. The summed E-state index contributed by atoms with van der Waals surface area (Å²) in [5, 5.41) is 3.87. The maximum Gasteiger partial charge on any atom is 0.148 e. The molecule has 88 valence electrons. The second kappa shape index (κ2) is 5.32. The zero-order valence-corrected chi connectivity index (χ0v) is 11.6. The quantitative estimate of drug-likeness (QED) is 0.861. The molecule has 1 N–H and O–H groups in total. The molecule has 1 unspecified atom stereocenters. The molecule has 5 heteroatoms. The number of aromatic nitrogens is 2. The SMILES string of the molecule is CC(Nc1ncnc(Cl)c1Br)C1CCCC1. The van der Waals surface area contributed by atoms with Crippen LogP contribution in [-0.2, 0) is 0 Å². The highest BCUT2D eigenvalue weighted by Crippen LogP contribution is 2.31. The fraction of sp³-hybridized carbons (Fsp3) is 0.636. The second-order valence-electron chi connectivity index (χ2n) is 4.30. The molecule has 1 aromatic rings. The summed E-state index contributed by atoms with van der Waals surface area (Å²) in [5.74, 6) is 1.54. The fourth-order valence-electron chi connectivity index (χ4n) is 2.24. The molecule has 1 saturated carbocycles. The fourth-order valence-corrected chi connectivity index (χ4v) is 2.69. The van der Waals surface area contributed by atoms with Crippen LogP contribution in [-0.4, -0.2) is 16.0 Å². The lowest BCUT2D eigenvalue weighted by Crippen LogP contribution is -2.24. The van der Waals surface area contributed by atoms with Crippen LogP contribution >= 0.6 is 27.5 Å². The average Bonchev–Trinajstić information content (AvgIpc) is 2.78. The lowest BCUT2D eigenvalue weighted by atomic mass is 10.00. The van der Waals surface area contributed by atoms with Gasteiger partial charge in [-0.15, -0.1) is 0 Å². The zero-order valence-electron chi connectivity index (χ0n) is 9.21. The molecular weight excluding hydrogens is 289 g/mol. The molecule has 0 aromatic carbocycles. The Morgan fingerprint density at radius 1 is 1.44 bits per heavy atom. The normalized spacial score (nSPS) is 18.7. The van der Waals surface area contributed by atoms with Gasteiger partial charge in [0.1, 0.15) is 17.3 Å². The first-order valence-corrected chi connectivity index (χ1v) is 6.78. The van der Waals surface area contributed by atoms with Gasteiger partial charge in [-0.2, -0.15) is 0 Å². The van der Waals surface area contributed by atoms with E-state index in [1.54, 1.807) is 0 Å². The van der Waals surface area contributed by atoms with Crippen molar-refractivity contribution in [3.63, 3.8) is 0 Å². The molecule has 1 fully saturated rings. The van der Waals surface area contributed by atoms with E-state index in [4.69, 9.17) is 11.6 Å². The van der Waals surface area contributed by atoms with Gasteiger partial charge in [0.05, 0.1) is 4.47 Å². The van der Waals surface area contributed by atoms with Crippen molar-refractivity contribution in [2.75, 3.05) is 5.32 Å². The minimum atomic E-state index is 0.435. The highest BCUT2D eigenvalue weighted by Gasteiger charge is 2.22. The second-order valence-corrected chi connectivity index (χ2v) is 5.46. The zero-order chi connectivity index (χ0) is 11.5. The molecule has 16 heavy (non-hydrogen) atoms. The van der Waals surface area contributed by atoms with Crippen molar-refractivity contribution in [3.8, 4) is 0 Å². The van der Waals surface area contributed by atoms with Gasteiger partial charge in [0.2, 0.25) is 0 Å². The molecule has 1 aliphatic rings. The summed E-state index contributed by atoms with van der Waals surface area (Å²) < 4.78 is 0.751. The predicted molar refractivity (Wildman–Crippen MR) is 69.8 cm³/mol. The third-order valence-corrected chi connectivity index (χ3v) is 4.48. The Labute approximate surface area is 109 Å². The van der Waals surface area contributed by atoms with Crippen LogP contribution in [0.1, 0.15) is 32.6 Å². The van der Waals surface area contributed by atoms with Crippen LogP contribution in [0.2, 0.25) is 5.15 Å². The van der Waals surface area contributed by atoms with E-state index in [0.717, 1.165) is 16.2 Å². The summed E-state index contributed by atoms with van der Waals surface area (Å²) in [4.78, 5) is 8.11. The number of rotatable bonds is 3. The van der Waals surface area contributed by atoms with Gasteiger partial charge in [0, 0.05) is 6.04 Å². The van der Waals surface area contributed by atoms with E-state index in [9.17, 15) is 0 Å². The summed E-state index contributed by atoms with van der Waals surface area (Å²) in [7, 11) is 0. The topological polar surface area (TPSA) is 37.8 Å². The molecule has 1 aliphatic carbocycles. The van der Waals surface area contributed by atoms with Crippen molar-refractivity contribution in [3.05, 3.63) is 16.0 Å². The summed E-state index contributed by atoms with van der Waals surface area (Å²) >= 11 is 9.32. The summed E-state index contributed by atoms with van der Waals surface area (Å²) in [6, 6.07) is 0.435. The summed E-state index contributed by atoms with van der Waals surface area (Å²) in [6.07, 6.45) is 6.80. The molecule has 0 spiro atoms. The molecule has 0 radical (unpaired) electrons. The molecule has 3 nitrogen and oxygen atoms in total. The van der Waals surface area contributed by atoms with Gasteiger partial charge in [-0.05, 0) is 41.6 Å². The number of halogens is 2. The van der Waals surface area contributed by atoms with Gasteiger partial charge in [-0.3, -0.25) is 0 Å². The van der Waals surface area contributed by atoms with Gasteiger partial charge < -0.3 is 5.32 Å². The minimum Gasteiger partial charge on any atom is -0.366 e. The van der Waals surface area contributed by atoms with Crippen LogP contribution in [0.3, 0.4) is 0 Å². The maximum atomic E-state index is 5.92. The molecule has 0 amide bonds. The summed E-state index contributed by atoms with van der Waals surface area (Å²) in [5.41, 5.74) is 0. The van der Waals surface area contributed by atoms with Gasteiger partial charge in [-0.1, -0.05) is 24.4 Å². The molecule has 1 heterocycles. The van der Waals surface area contributed by atoms with Crippen LogP contribution < -0.4 is 5.32 Å². The van der Waals surface area contributed by atoms with E-state index >= 15 is 0 Å². The first-order chi connectivity index (χ1) is 7.68. The molecule has 0 bridgehead atoms. The smallest absolute Gasteiger partial charge is 0.148 e. The predicted octanol–water partition coefficient (Wildman–Crippen LogP) is 3.88. The van der Waals surface area contributed by atoms with Crippen LogP contribution in [0.25, 0.3) is 0 Å². The third kappa shape index (κ3) is 2.66. The van der Waals surface area contributed by atoms with Crippen LogP contribution in [0, 0.1) is 5.92 Å². The molecular formula is C11H15BrClN3. The van der Waals surface area contributed by atoms with Gasteiger partial charge in [-0.25, -0.2) is 9.97 Å². The van der Waals surface area contributed by atoms with E-state index in [1.807, 2.05) is 0 Å². The monoisotopic (exact) mass is 303 g/mol. The minimum absolute atomic E-state index is 0.435. The Morgan fingerprint density at radius 2 is 2.12 bits per heavy atom. The third-order valence-electron chi connectivity index (χ3n) is 3.22. The van der Waals surface area contributed by atoms with Crippen molar-refractivity contribution in [2.45, 2.75) is 38.6 Å². The lowest BCUT2D eigenvalue weighted by molar-refractivity contribution is 0.481. The van der Waals surface area contributed by atoms with Crippen LogP contribution in [0.4, 0.5) is 5.82 Å². The van der Waals surface area contributed by atoms with Gasteiger partial charge >= 0.3 is 0 Å². The Kier molecular flexibility index (Phi) is 4.03. The lowest BCUT2D eigenvalue weighted by Gasteiger charge is -2.21. The number of nitrogens with zero attached hydrogens (tertiary/aromatic N) is 2. The van der Waals surface area contributed by atoms with E-state index < -0.39 is 0 Å². The summed E-state index contributed by atoms with van der Waals surface area (Å²) in [6.45, 7) is 2.21. The Morgan fingerprint density at radius 3 is 2.81 bits per heavy atom.